The first kappa shape index (κ1) is 16.1. The number of nitrogens with zero attached hydrogens (tertiary/aromatic N) is 1. The molecule has 1 aromatic rings. The average molecular weight is 300 g/mol. The molecule has 0 fully saturated rings. The fourth-order valence-electron chi connectivity index (χ4n) is 1.98. The van der Waals surface area contributed by atoms with Crippen molar-refractivity contribution in [3.8, 4) is 0 Å². The second kappa shape index (κ2) is 6.45. The fourth-order valence-corrected chi connectivity index (χ4v) is 3.65. The molecule has 1 aromatic carbocycles. The SMILES string of the molecule is CCC(CC)N(C)S(=O)(=O)c1cccc(C(N)=S)c1. The van der Waals surface area contributed by atoms with Crippen molar-refractivity contribution in [1.82, 2.24) is 4.31 Å². The van der Waals surface area contributed by atoms with Crippen molar-refractivity contribution in [1.29, 1.82) is 0 Å². The quantitative estimate of drug-likeness (QED) is 0.818. The fraction of sp³-hybridized carbons (Fsp3) is 0.462. The lowest BCUT2D eigenvalue weighted by atomic mass is 10.2. The van der Waals surface area contributed by atoms with Crippen LogP contribution < -0.4 is 5.73 Å². The molecule has 0 bridgehead atoms. The Labute approximate surface area is 120 Å². The lowest BCUT2D eigenvalue weighted by molar-refractivity contribution is 0.349. The Hall–Kier alpha value is -0.980. The van der Waals surface area contributed by atoms with Crippen LogP contribution in [0, 0.1) is 0 Å². The predicted octanol–water partition coefficient (Wildman–Crippen LogP) is 2.13. The van der Waals surface area contributed by atoms with E-state index in [4.69, 9.17) is 18.0 Å². The molecule has 0 saturated carbocycles. The van der Waals surface area contributed by atoms with Crippen molar-refractivity contribution in [2.24, 2.45) is 5.73 Å². The number of rotatable bonds is 6. The lowest BCUT2D eigenvalue weighted by Gasteiger charge is -2.25. The lowest BCUT2D eigenvalue weighted by Crippen LogP contribution is -2.36. The van der Waals surface area contributed by atoms with Crippen molar-refractivity contribution in [3.63, 3.8) is 0 Å². The maximum Gasteiger partial charge on any atom is 0.243 e. The number of sulfonamides is 1. The van der Waals surface area contributed by atoms with E-state index in [0.717, 1.165) is 12.8 Å². The molecule has 2 N–H and O–H groups in total. The number of hydrogen-bond donors (Lipinski definition) is 1. The standard InChI is InChI=1S/C13H20N2O2S2/c1-4-11(5-2)15(3)19(16,17)12-8-6-7-10(9-12)13(14)18/h6-9,11H,4-5H2,1-3H3,(H2,14,18). The van der Waals surface area contributed by atoms with Gasteiger partial charge in [0.2, 0.25) is 10.0 Å². The summed E-state index contributed by atoms with van der Waals surface area (Å²) < 4.78 is 26.4. The van der Waals surface area contributed by atoms with Crippen molar-refractivity contribution >= 4 is 27.2 Å². The monoisotopic (exact) mass is 300 g/mol. The summed E-state index contributed by atoms with van der Waals surface area (Å²) in [7, 11) is -1.89. The van der Waals surface area contributed by atoms with E-state index in [2.05, 4.69) is 0 Å². The van der Waals surface area contributed by atoms with E-state index in [9.17, 15) is 8.42 Å². The molecule has 0 unspecified atom stereocenters. The van der Waals surface area contributed by atoms with E-state index in [1.807, 2.05) is 13.8 Å². The van der Waals surface area contributed by atoms with Gasteiger partial charge in [0.25, 0.3) is 0 Å². The molecule has 0 saturated heterocycles. The van der Waals surface area contributed by atoms with Crippen LogP contribution in [0.25, 0.3) is 0 Å². The Kier molecular flexibility index (Phi) is 5.46. The molecule has 0 amide bonds. The normalized spacial score (nSPS) is 12.1. The second-order valence-electron chi connectivity index (χ2n) is 4.38. The molecule has 0 aliphatic carbocycles. The van der Waals surface area contributed by atoms with Gasteiger partial charge in [0.05, 0.1) is 4.90 Å². The van der Waals surface area contributed by atoms with Crippen LogP contribution in [0.2, 0.25) is 0 Å². The Morgan fingerprint density at radius 1 is 1.37 bits per heavy atom. The highest BCUT2D eigenvalue weighted by Gasteiger charge is 2.26. The highest BCUT2D eigenvalue weighted by Crippen LogP contribution is 2.20. The summed E-state index contributed by atoms with van der Waals surface area (Å²) in [5.41, 5.74) is 6.10. The van der Waals surface area contributed by atoms with Crippen LogP contribution in [0.3, 0.4) is 0 Å². The van der Waals surface area contributed by atoms with Gasteiger partial charge in [-0.3, -0.25) is 0 Å². The molecule has 0 aliphatic heterocycles. The van der Waals surface area contributed by atoms with E-state index >= 15 is 0 Å². The van der Waals surface area contributed by atoms with Crippen LogP contribution in [0.4, 0.5) is 0 Å². The molecular formula is C13H20N2O2S2. The van der Waals surface area contributed by atoms with Crippen LogP contribution in [0.15, 0.2) is 29.2 Å². The third-order valence-electron chi connectivity index (χ3n) is 3.25. The van der Waals surface area contributed by atoms with Gasteiger partial charge in [-0.15, -0.1) is 0 Å². The smallest absolute Gasteiger partial charge is 0.243 e. The minimum absolute atomic E-state index is 0.00140. The van der Waals surface area contributed by atoms with Gasteiger partial charge in [0.15, 0.2) is 0 Å². The highest BCUT2D eigenvalue weighted by atomic mass is 32.2. The summed E-state index contributed by atoms with van der Waals surface area (Å²) in [5.74, 6) is 0. The molecule has 0 heterocycles. The van der Waals surface area contributed by atoms with E-state index in [0.29, 0.717) is 5.56 Å². The van der Waals surface area contributed by atoms with E-state index in [1.165, 1.54) is 10.4 Å². The molecule has 19 heavy (non-hydrogen) atoms. The summed E-state index contributed by atoms with van der Waals surface area (Å²) in [6.45, 7) is 3.96. The largest absolute Gasteiger partial charge is 0.389 e. The molecule has 1 rings (SSSR count). The van der Waals surface area contributed by atoms with Gasteiger partial charge >= 0.3 is 0 Å². The summed E-state index contributed by atoms with van der Waals surface area (Å²) in [4.78, 5) is 0.425. The number of benzene rings is 1. The van der Waals surface area contributed by atoms with E-state index in [1.54, 1.807) is 25.2 Å². The average Bonchev–Trinajstić information content (AvgIpc) is 2.40. The Bertz CT molecular complexity index is 552. The minimum Gasteiger partial charge on any atom is -0.389 e. The minimum atomic E-state index is -3.50. The third-order valence-corrected chi connectivity index (χ3v) is 5.39. The maximum atomic E-state index is 12.5. The summed E-state index contributed by atoms with van der Waals surface area (Å²) >= 11 is 4.88. The van der Waals surface area contributed by atoms with Crippen molar-refractivity contribution in [3.05, 3.63) is 29.8 Å². The third kappa shape index (κ3) is 3.52. The molecule has 106 valence electrons. The van der Waals surface area contributed by atoms with Gasteiger partial charge in [0.1, 0.15) is 4.99 Å². The maximum absolute atomic E-state index is 12.5. The van der Waals surface area contributed by atoms with Crippen LogP contribution in [0.1, 0.15) is 32.3 Å². The molecular weight excluding hydrogens is 280 g/mol. The number of hydrogen-bond acceptors (Lipinski definition) is 3. The van der Waals surface area contributed by atoms with Gasteiger partial charge in [-0.2, -0.15) is 4.31 Å². The number of nitrogens with two attached hydrogens (primary N) is 1. The van der Waals surface area contributed by atoms with Gasteiger partial charge in [0, 0.05) is 18.7 Å². The predicted molar refractivity (Wildman–Crippen MR) is 81.6 cm³/mol. The highest BCUT2D eigenvalue weighted by molar-refractivity contribution is 7.89. The zero-order chi connectivity index (χ0) is 14.6. The topological polar surface area (TPSA) is 63.4 Å². The zero-order valence-corrected chi connectivity index (χ0v) is 13.1. The molecule has 0 radical (unpaired) electrons. The van der Waals surface area contributed by atoms with Gasteiger partial charge in [-0.1, -0.05) is 38.2 Å². The van der Waals surface area contributed by atoms with Gasteiger partial charge in [-0.05, 0) is 25.0 Å². The summed E-state index contributed by atoms with van der Waals surface area (Å²) in [5, 5.41) is 0. The van der Waals surface area contributed by atoms with Crippen LogP contribution in [-0.4, -0.2) is 30.8 Å². The van der Waals surface area contributed by atoms with Crippen LogP contribution in [-0.2, 0) is 10.0 Å². The Morgan fingerprint density at radius 2 is 1.95 bits per heavy atom. The Morgan fingerprint density at radius 3 is 2.42 bits per heavy atom. The molecule has 0 aliphatic rings. The van der Waals surface area contributed by atoms with Crippen molar-refractivity contribution in [2.75, 3.05) is 7.05 Å². The summed E-state index contributed by atoms with van der Waals surface area (Å²) in [6.07, 6.45) is 1.56. The number of thiocarbonyl (C=S) groups is 1. The molecule has 4 nitrogen and oxygen atoms in total. The molecule has 6 heteroatoms. The first-order valence-corrected chi connectivity index (χ1v) is 8.07. The van der Waals surface area contributed by atoms with Crippen LogP contribution >= 0.6 is 12.2 Å². The van der Waals surface area contributed by atoms with Crippen molar-refractivity contribution in [2.45, 2.75) is 37.6 Å². The van der Waals surface area contributed by atoms with Gasteiger partial charge in [-0.25, -0.2) is 8.42 Å². The first-order valence-electron chi connectivity index (χ1n) is 6.22. The first-order chi connectivity index (χ1) is 8.84. The van der Waals surface area contributed by atoms with E-state index < -0.39 is 10.0 Å². The second-order valence-corrected chi connectivity index (χ2v) is 6.82. The van der Waals surface area contributed by atoms with Crippen LogP contribution in [0.5, 0.6) is 0 Å². The van der Waals surface area contributed by atoms with Gasteiger partial charge < -0.3 is 5.73 Å². The molecule has 0 aromatic heterocycles. The summed E-state index contributed by atoms with van der Waals surface area (Å²) in [6, 6.07) is 6.45. The molecule has 0 spiro atoms. The molecule has 0 atom stereocenters. The zero-order valence-electron chi connectivity index (χ0n) is 11.5. The Balaban J connectivity index is 3.20. The van der Waals surface area contributed by atoms with E-state index in [-0.39, 0.29) is 15.9 Å². The van der Waals surface area contributed by atoms with Crippen molar-refractivity contribution < 1.29 is 8.42 Å².